The third-order valence-electron chi connectivity index (χ3n) is 7.61. The van der Waals surface area contributed by atoms with Crippen LogP contribution in [-0.2, 0) is 24.6 Å². The Morgan fingerprint density at radius 3 is 2.60 bits per heavy atom. The lowest BCUT2D eigenvalue weighted by atomic mass is 10.1. The van der Waals surface area contributed by atoms with E-state index in [1.165, 1.54) is 33.8 Å². The van der Waals surface area contributed by atoms with Crippen LogP contribution in [-0.4, -0.2) is 92.9 Å². The van der Waals surface area contributed by atoms with Crippen LogP contribution in [0.1, 0.15) is 47.8 Å². The fraction of sp³-hybridized carbons (Fsp3) is 0.500. The number of rotatable bonds is 7. The Morgan fingerprint density at radius 1 is 1.24 bits per heavy atom. The second kappa shape index (κ2) is 12.0. The summed E-state index contributed by atoms with van der Waals surface area (Å²) in [5, 5.41) is 11.7. The van der Waals surface area contributed by atoms with E-state index >= 15 is 0 Å². The maximum absolute atomic E-state index is 14.2. The van der Waals surface area contributed by atoms with Crippen molar-refractivity contribution >= 4 is 52.6 Å². The Hall–Kier alpha value is -3.44. The molecule has 16 heteroatoms. The largest absolute Gasteiger partial charge is 0.399 e. The van der Waals surface area contributed by atoms with Crippen molar-refractivity contribution in [1.29, 1.82) is 5.26 Å². The lowest BCUT2D eigenvalue weighted by Gasteiger charge is -2.39. The van der Waals surface area contributed by atoms with Gasteiger partial charge in [-0.25, -0.2) is 0 Å². The predicted molar refractivity (Wildman–Crippen MR) is 147 cm³/mol. The summed E-state index contributed by atoms with van der Waals surface area (Å²) in [4.78, 5) is 75.2. The van der Waals surface area contributed by atoms with Gasteiger partial charge in [-0.1, -0.05) is 6.07 Å². The molecule has 0 radical (unpaired) electrons. The van der Waals surface area contributed by atoms with Crippen LogP contribution < -0.4 is 5.32 Å². The van der Waals surface area contributed by atoms with Gasteiger partial charge in [0.2, 0.25) is 17.7 Å². The highest BCUT2D eigenvalue weighted by atomic mass is 32.1. The summed E-state index contributed by atoms with van der Waals surface area (Å²) >= 11 is 0.931. The first-order valence-electron chi connectivity index (χ1n) is 13.1. The van der Waals surface area contributed by atoms with Gasteiger partial charge in [0.25, 0.3) is 5.91 Å². The molecule has 226 valence electrons. The maximum atomic E-state index is 14.2. The standard InChI is InChI=1S/C26H30F2N5O7PS/c1-15(34)32-11-8-18-5-6-20(25(37)31(2)10-3-9-29)33(18)24(36)19(14-32)30-23(35)22-13-16-12-17(4-7-21(16)42-22)26(27,28)41(38,39)40/h4,7,12-13,18-20H,3,5-6,8,10-11,14H2,1-2H3,(H,30,35)(H2,38,39,40)/t18-,19?,20+/m1/s1. The number of thiophene rings is 1. The van der Waals surface area contributed by atoms with E-state index in [0.29, 0.717) is 30.5 Å². The number of fused-ring (bicyclic) bond motifs is 2. The first kappa shape index (κ1) is 31.5. The Labute approximate surface area is 244 Å². The van der Waals surface area contributed by atoms with Gasteiger partial charge in [0.1, 0.15) is 12.1 Å². The molecule has 4 rings (SSSR count). The molecule has 1 aromatic carbocycles. The average Bonchev–Trinajstić information content (AvgIpc) is 3.54. The zero-order valence-electron chi connectivity index (χ0n) is 22.8. The lowest BCUT2D eigenvalue weighted by molar-refractivity contribution is -0.148. The van der Waals surface area contributed by atoms with Gasteiger partial charge in [0, 0.05) is 49.9 Å². The summed E-state index contributed by atoms with van der Waals surface area (Å²) in [7, 11) is -4.24. The Balaban J connectivity index is 1.61. The number of halogens is 2. The fourth-order valence-corrected chi connectivity index (χ4v) is 6.75. The Bertz CT molecular complexity index is 1510. The van der Waals surface area contributed by atoms with E-state index in [9.17, 15) is 32.5 Å². The average molecular weight is 626 g/mol. The van der Waals surface area contributed by atoms with Crippen LogP contribution in [0.2, 0.25) is 0 Å². The van der Waals surface area contributed by atoms with Gasteiger partial charge in [0.05, 0.1) is 17.4 Å². The highest BCUT2D eigenvalue weighted by Crippen LogP contribution is 2.59. The Morgan fingerprint density at radius 2 is 1.95 bits per heavy atom. The molecule has 42 heavy (non-hydrogen) atoms. The normalized spacial score (nSPS) is 21.4. The minimum Gasteiger partial charge on any atom is -0.343 e. The van der Waals surface area contributed by atoms with Crippen molar-refractivity contribution in [2.24, 2.45) is 0 Å². The van der Waals surface area contributed by atoms with E-state index in [1.807, 2.05) is 6.07 Å². The van der Waals surface area contributed by atoms with Crippen LogP contribution in [0.15, 0.2) is 24.3 Å². The van der Waals surface area contributed by atoms with E-state index in [0.717, 1.165) is 23.5 Å². The van der Waals surface area contributed by atoms with Crippen molar-refractivity contribution in [3.63, 3.8) is 0 Å². The number of carbonyl (C=O) groups excluding carboxylic acids is 4. The molecule has 0 spiro atoms. The molecule has 0 bridgehead atoms. The second-order valence-electron chi connectivity index (χ2n) is 10.4. The molecule has 0 saturated carbocycles. The van der Waals surface area contributed by atoms with Crippen LogP contribution in [0.5, 0.6) is 0 Å². The van der Waals surface area contributed by atoms with Gasteiger partial charge in [-0.3, -0.25) is 23.7 Å². The molecule has 1 aromatic heterocycles. The van der Waals surface area contributed by atoms with Gasteiger partial charge in [-0.15, -0.1) is 11.3 Å². The number of hydrogen-bond donors (Lipinski definition) is 3. The van der Waals surface area contributed by atoms with Gasteiger partial charge in [-0.05, 0) is 42.8 Å². The van der Waals surface area contributed by atoms with Crippen molar-refractivity contribution in [3.8, 4) is 6.07 Å². The molecule has 2 aliphatic rings. The topological polar surface area (TPSA) is 171 Å². The number of benzene rings is 1. The van der Waals surface area contributed by atoms with Crippen LogP contribution in [0.25, 0.3) is 10.1 Å². The van der Waals surface area contributed by atoms with Gasteiger partial charge in [-0.2, -0.15) is 14.0 Å². The number of nitriles is 1. The molecule has 2 aromatic rings. The van der Waals surface area contributed by atoms with Crippen LogP contribution in [0.3, 0.4) is 0 Å². The molecule has 3 N–H and O–H groups in total. The zero-order chi connectivity index (χ0) is 31.0. The summed E-state index contributed by atoms with van der Waals surface area (Å²) in [6.45, 7) is 1.72. The van der Waals surface area contributed by atoms with Crippen molar-refractivity contribution < 1.29 is 42.3 Å². The number of likely N-dealkylation sites (N-methyl/N-ethyl adjacent to an activating group) is 1. The van der Waals surface area contributed by atoms with Crippen molar-refractivity contribution in [3.05, 3.63) is 34.7 Å². The molecule has 3 atom stereocenters. The number of hydrogen-bond acceptors (Lipinski definition) is 7. The van der Waals surface area contributed by atoms with Gasteiger partial charge < -0.3 is 29.8 Å². The minimum atomic E-state index is -5.79. The highest BCUT2D eigenvalue weighted by Gasteiger charge is 2.50. The van der Waals surface area contributed by atoms with Crippen molar-refractivity contribution in [2.45, 2.75) is 56.4 Å². The molecule has 2 aliphatic heterocycles. The molecule has 0 aliphatic carbocycles. The molecule has 1 unspecified atom stereocenters. The quantitative estimate of drug-likeness (QED) is 0.393. The van der Waals surface area contributed by atoms with Crippen LogP contribution in [0, 0.1) is 11.3 Å². The van der Waals surface area contributed by atoms with Crippen LogP contribution in [0.4, 0.5) is 8.78 Å². The van der Waals surface area contributed by atoms with E-state index < -0.39 is 42.7 Å². The lowest BCUT2D eigenvalue weighted by Crippen LogP contribution is -2.61. The van der Waals surface area contributed by atoms with Crippen molar-refractivity contribution in [1.82, 2.24) is 20.0 Å². The summed E-state index contributed by atoms with van der Waals surface area (Å²) in [6, 6.07) is 3.93. The minimum absolute atomic E-state index is 0.0488. The number of carbonyl (C=O) groups is 4. The molecule has 2 saturated heterocycles. The van der Waals surface area contributed by atoms with Crippen molar-refractivity contribution in [2.75, 3.05) is 26.7 Å². The smallest absolute Gasteiger partial charge is 0.343 e. The SMILES string of the molecule is CC(=O)N1CC[C@H]2CC[C@@H](C(=O)N(C)CCC#N)N2C(=O)C(NC(=O)c2cc3cc(C(F)(F)P(=O)(O)O)ccc3s2)C1. The monoisotopic (exact) mass is 625 g/mol. The number of nitrogens with zero attached hydrogens (tertiary/aromatic N) is 4. The molecular weight excluding hydrogens is 595 g/mol. The summed E-state index contributed by atoms with van der Waals surface area (Å²) in [5.41, 5.74) is -5.33. The molecular formula is C26H30F2N5O7PS. The summed E-state index contributed by atoms with van der Waals surface area (Å²) in [5.74, 6) is -1.86. The highest BCUT2D eigenvalue weighted by molar-refractivity contribution is 7.52. The first-order chi connectivity index (χ1) is 19.7. The fourth-order valence-electron chi connectivity index (χ4n) is 5.33. The third-order valence-corrected chi connectivity index (χ3v) is 9.72. The Kier molecular flexibility index (Phi) is 9.03. The van der Waals surface area contributed by atoms with Gasteiger partial charge >= 0.3 is 13.3 Å². The summed E-state index contributed by atoms with van der Waals surface area (Å²) in [6.07, 6.45) is 1.51. The number of alkyl halides is 2. The number of nitrogens with one attached hydrogen (secondary N) is 1. The van der Waals surface area contributed by atoms with E-state index in [2.05, 4.69) is 5.32 Å². The molecule has 12 nitrogen and oxygen atoms in total. The van der Waals surface area contributed by atoms with Crippen LogP contribution >= 0.6 is 18.9 Å². The second-order valence-corrected chi connectivity index (χ2v) is 13.1. The molecule has 4 amide bonds. The third kappa shape index (κ3) is 6.17. The molecule has 3 heterocycles. The first-order valence-corrected chi connectivity index (χ1v) is 15.6. The van der Waals surface area contributed by atoms with E-state index in [-0.39, 0.29) is 47.6 Å². The summed E-state index contributed by atoms with van der Waals surface area (Å²) < 4.78 is 40.2. The number of amides is 4. The predicted octanol–water partition coefficient (Wildman–Crippen LogP) is 2.21. The van der Waals surface area contributed by atoms with E-state index in [1.54, 1.807) is 7.05 Å². The maximum Gasteiger partial charge on any atom is 0.399 e. The molecule has 2 fully saturated rings. The van der Waals surface area contributed by atoms with E-state index in [4.69, 9.17) is 15.0 Å². The van der Waals surface area contributed by atoms with Gasteiger partial charge in [0.15, 0.2) is 0 Å². The zero-order valence-corrected chi connectivity index (χ0v) is 24.5.